The first-order valence-electron chi connectivity index (χ1n) is 8.07. The minimum absolute atomic E-state index is 0.0430. The first-order chi connectivity index (χ1) is 12.0. The van der Waals surface area contributed by atoms with E-state index in [0.717, 1.165) is 15.6 Å². The molecule has 0 saturated carbocycles. The topological polar surface area (TPSA) is 38.3 Å². The third-order valence-electron chi connectivity index (χ3n) is 4.55. The van der Waals surface area contributed by atoms with Crippen LogP contribution in [0.3, 0.4) is 0 Å². The van der Waals surface area contributed by atoms with Gasteiger partial charge in [0.2, 0.25) is 5.91 Å². The Labute approximate surface area is 163 Å². The molecule has 1 saturated heterocycles. The second kappa shape index (κ2) is 7.98. The number of hydrogen-bond donors (Lipinski definition) is 1. The summed E-state index contributed by atoms with van der Waals surface area (Å²) in [6.45, 7) is 1.39. The molecule has 25 heavy (non-hydrogen) atoms. The Morgan fingerprint density at radius 1 is 1.08 bits per heavy atom. The summed E-state index contributed by atoms with van der Waals surface area (Å²) >= 11 is 6.71. The Balaban J connectivity index is 1.81. The van der Waals surface area contributed by atoms with Gasteiger partial charge in [-0.1, -0.05) is 44.0 Å². The summed E-state index contributed by atoms with van der Waals surface area (Å²) in [6, 6.07) is 12.5. The van der Waals surface area contributed by atoms with Gasteiger partial charge in [0.15, 0.2) is 0 Å². The number of carbonyl (C=O) groups excluding carboxylic acids is 1. The molecule has 132 valence electrons. The van der Waals surface area contributed by atoms with Crippen LogP contribution in [0.2, 0.25) is 0 Å². The third kappa shape index (κ3) is 4.30. The molecule has 0 bridgehead atoms. The molecule has 1 heterocycles. The number of halogens is 3. The fraction of sp³-hybridized carbons (Fsp3) is 0.316. The number of nitrogens with one attached hydrogen (secondary N) is 1. The summed E-state index contributed by atoms with van der Waals surface area (Å²) in [7, 11) is 0. The highest BCUT2D eigenvalue weighted by molar-refractivity contribution is 9.10. The summed E-state index contributed by atoms with van der Waals surface area (Å²) in [5, 5.41) is 2.98. The number of rotatable bonds is 4. The fourth-order valence-corrected chi connectivity index (χ4v) is 3.98. The van der Waals surface area contributed by atoms with Crippen LogP contribution < -0.4 is 5.32 Å². The molecule has 1 amide bonds. The number of benzene rings is 2. The molecule has 2 aromatic carbocycles. The second-order valence-corrected chi connectivity index (χ2v) is 7.99. The number of amides is 1. The summed E-state index contributed by atoms with van der Waals surface area (Å²) < 4.78 is 20.6. The number of ether oxygens (including phenoxy) is 1. The molecule has 1 aliphatic heterocycles. The molecule has 0 radical (unpaired) electrons. The van der Waals surface area contributed by atoms with Crippen LogP contribution in [0.25, 0.3) is 0 Å². The molecule has 0 aromatic heterocycles. The highest BCUT2D eigenvalue weighted by Crippen LogP contribution is 2.36. The molecule has 0 aliphatic carbocycles. The predicted octanol–water partition coefficient (Wildman–Crippen LogP) is 4.72. The molecule has 1 N–H and O–H groups in total. The van der Waals surface area contributed by atoms with Crippen molar-refractivity contribution < 1.29 is 13.9 Å². The molecule has 1 fully saturated rings. The maximum absolute atomic E-state index is 13.5. The number of hydrogen-bond acceptors (Lipinski definition) is 2. The van der Waals surface area contributed by atoms with Gasteiger partial charge in [-0.2, -0.15) is 0 Å². The van der Waals surface area contributed by atoms with Crippen LogP contribution in [-0.2, 0) is 21.5 Å². The predicted molar refractivity (Wildman–Crippen MR) is 102 cm³/mol. The quantitative estimate of drug-likeness (QED) is 0.702. The Morgan fingerprint density at radius 3 is 2.40 bits per heavy atom. The zero-order valence-electron chi connectivity index (χ0n) is 13.5. The highest BCUT2D eigenvalue weighted by atomic mass is 79.9. The van der Waals surface area contributed by atoms with Crippen LogP contribution >= 0.6 is 31.9 Å². The van der Waals surface area contributed by atoms with E-state index in [1.54, 1.807) is 6.07 Å². The van der Waals surface area contributed by atoms with Crippen LogP contribution in [0.4, 0.5) is 4.39 Å². The largest absolute Gasteiger partial charge is 0.381 e. The van der Waals surface area contributed by atoms with E-state index in [-0.39, 0.29) is 18.3 Å². The van der Waals surface area contributed by atoms with E-state index >= 15 is 0 Å². The van der Waals surface area contributed by atoms with Gasteiger partial charge in [0, 0.05) is 28.7 Å². The van der Waals surface area contributed by atoms with Crippen molar-refractivity contribution in [2.24, 2.45) is 0 Å². The molecule has 2 aromatic rings. The smallest absolute Gasteiger partial charge is 0.231 e. The van der Waals surface area contributed by atoms with Gasteiger partial charge in [-0.05, 0) is 54.3 Å². The Bertz CT molecular complexity index is 738. The first-order valence-corrected chi connectivity index (χ1v) is 9.65. The second-order valence-electron chi connectivity index (χ2n) is 6.16. The van der Waals surface area contributed by atoms with Crippen molar-refractivity contribution >= 4 is 37.8 Å². The zero-order chi connectivity index (χ0) is 17.9. The molecular weight excluding hydrogens is 453 g/mol. The molecule has 6 heteroatoms. The van der Waals surface area contributed by atoms with Crippen LogP contribution in [0.5, 0.6) is 0 Å². The summed E-state index contributed by atoms with van der Waals surface area (Å²) in [6.07, 6.45) is 1.26. The number of carbonyl (C=O) groups is 1. The SMILES string of the molecule is O=C(NCc1cc(F)cc(Br)c1)C1(c2ccc(Br)cc2)CCOCC1. The van der Waals surface area contributed by atoms with Crippen molar-refractivity contribution in [3.05, 3.63) is 68.4 Å². The van der Waals surface area contributed by atoms with Crippen LogP contribution in [0.15, 0.2) is 51.4 Å². The standard InChI is InChI=1S/C19H18Br2FNO2/c20-15-3-1-14(2-4-15)19(5-7-25-8-6-19)18(24)23-12-13-9-16(21)11-17(22)10-13/h1-4,9-11H,5-8,12H2,(H,23,24). The van der Waals surface area contributed by atoms with Gasteiger partial charge in [0.05, 0.1) is 5.41 Å². The van der Waals surface area contributed by atoms with Gasteiger partial charge in [0.25, 0.3) is 0 Å². The average Bonchev–Trinajstić information content (AvgIpc) is 2.60. The van der Waals surface area contributed by atoms with Crippen molar-refractivity contribution in [3.63, 3.8) is 0 Å². The summed E-state index contributed by atoms with van der Waals surface area (Å²) in [5.74, 6) is -0.370. The van der Waals surface area contributed by atoms with Crippen molar-refractivity contribution in [2.75, 3.05) is 13.2 Å². The van der Waals surface area contributed by atoms with Gasteiger partial charge in [0.1, 0.15) is 5.82 Å². The van der Waals surface area contributed by atoms with Crippen LogP contribution in [0, 0.1) is 5.82 Å². The van der Waals surface area contributed by atoms with E-state index in [9.17, 15) is 9.18 Å². The van der Waals surface area contributed by atoms with E-state index in [4.69, 9.17) is 4.74 Å². The van der Waals surface area contributed by atoms with Crippen molar-refractivity contribution in [1.29, 1.82) is 0 Å². The van der Waals surface area contributed by atoms with E-state index in [2.05, 4.69) is 37.2 Å². The van der Waals surface area contributed by atoms with Gasteiger partial charge in [-0.25, -0.2) is 4.39 Å². The van der Waals surface area contributed by atoms with Crippen molar-refractivity contribution in [2.45, 2.75) is 24.8 Å². The lowest BCUT2D eigenvalue weighted by atomic mass is 9.73. The van der Waals surface area contributed by atoms with Crippen molar-refractivity contribution in [1.82, 2.24) is 5.32 Å². The Morgan fingerprint density at radius 2 is 1.76 bits per heavy atom. The van der Waals surface area contributed by atoms with Gasteiger partial charge >= 0.3 is 0 Å². The molecule has 0 atom stereocenters. The van der Waals surface area contributed by atoms with Gasteiger partial charge in [-0.15, -0.1) is 0 Å². The maximum Gasteiger partial charge on any atom is 0.231 e. The molecule has 0 unspecified atom stereocenters. The monoisotopic (exact) mass is 469 g/mol. The average molecular weight is 471 g/mol. The highest BCUT2D eigenvalue weighted by Gasteiger charge is 2.41. The summed E-state index contributed by atoms with van der Waals surface area (Å²) in [4.78, 5) is 13.1. The van der Waals surface area contributed by atoms with Crippen LogP contribution in [0.1, 0.15) is 24.0 Å². The van der Waals surface area contributed by atoms with Gasteiger partial charge in [-0.3, -0.25) is 4.79 Å². The maximum atomic E-state index is 13.5. The Hall–Kier alpha value is -1.24. The minimum atomic E-state index is -0.608. The lowest BCUT2D eigenvalue weighted by Gasteiger charge is -2.36. The van der Waals surface area contributed by atoms with E-state index < -0.39 is 5.41 Å². The Kier molecular flexibility index (Phi) is 5.92. The van der Waals surface area contributed by atoms with E-state index in [1.807, 2.05) is 24.3 Å². The normalized spacial score (nSPS) is 16.4. The lowest BCUT2D eigenvalue weighted by Crippen LogP contribution is -2.47. The fourth-order valence-electron chi connectivity index (χ4n) is 3.20. The lowest BCUT2D eigenvalue weighted by molar-refractivity contribution is -0.130. The molecular formula is C19H18Br2FNO2. The van der Waals surface area contributed by atoms with E-state index in [0.29, 0.717) is 30.5 Å². The zero-order valence-corrected chi connectivity index (χ0v) is 16.7. The molecule has 3 rings (SSSR count). The molecule has 1 aliphatic rings. The molecule has 3 nitrogen and oxygen atoms in total. The third-order valence-corrected chi connectivity index (χ3v) is 5.54. The van der Waals surface area contributed by atoms with Crippen LogP contribution in [-0.4, -0.2) is 19.1 Å². The van der Waals surface area contributed by atoms with Crippen molar-refractivity contribution in [3.8, 4) is 0 Å². The molecule has 0 spiro atoms. The first kappa shape index (κ1) is 18.5. The summed E-state index contributed by atoms with van der Waals surface area (Å²) in [5.41, 5.74) is 1.10. The van der Waals surface area contributed by atoms with Gasteiger partial charge < -0.3 is 10.1 Å². The van der Waals surface area contributed by atoms with E-state index in [1.165, 1.54) is 12.1 Å². The minimum Gasteiger partial charge on any atom is -0.381 e.